The van der Waals surface area contributed by atoms with Crippen LogP contribution in [0.5, 0.6) is 0 Å². The van der Waals surface area contributed by atoms with Crippen molar-refractivity contribution in [1.82, 2.24) is 5.32 Å². The van der Waals surface area contributed by atoms with Crippen molar-refractivity contribution in [2.45, 2.75) is 18.9 Å². The quantitative estimate of drug-likeness (QED) is 0.378. The largest absolute Gasteiger partial charge is 0.345 e. The number of nitrogens with one attached hydrogen (secondary N) is 1. The maximum Gasteiger partial charge on any atom is 0.251 e. The number of hydrogen-bond donors (Lipinski definition) is 1. The summed E-state index contributed by atoms with van der Waals surface area (Å²) >= 11 is 0. The molecule has 0 bridgehead atoms. The Kier molecular flexibility index (Phi) is 6.05. The van der Waals surface area contributed by atoms with E-state index < -0.39 is 0 Å². The molecule has 0 saturated carbocycles. The fourth-order valence-corrected chi connectivity index (χ4v) is 3.96. The smallest absolute Gasteiger partial charge is 0.251 e. The van der Waals surface area contributed by atoms with E-state index in [1.54, 1.807) is 0 Å². The van der Waals surface area contributed by atoms with Crippen molar-refractivity contribution in [2.24, 2.45) is 0 Å². The number of carbonyl (C=O) groups is 1. The molecule has 0 aliphatic carbocycles. The first-order chi connectivity index (χ1) is 14.8. The molecule has 30 heavy (non-hydrogen) atoms. The summed E-state index contributed by atoms with van der Waals surface area (Å²) in [5, 5.41) is 5.77. The molecule has 2 nitrogen and oxygen atoms in total. The van der Waals surface area contributed by atoms with E-state index in [0.29, 0.717) is 5.56 Å². The van der Waals surface area contributed by atoms with Crippen molar-refractivity contribution < 1.29 is 4.79 Å². The third kappa shape index (κ3) is 4.33. The van der Waals surface area contributed by atoms with Gasteiger partial charge in [-0.2, -0.15) is 0 Å². The summed E-state index contributed by atoms with van der Waals surface area (Å²) in [6.45, 7) is 3.96. The van der Waals surface area contributed by atoms with Gasteiger partial charge in [0.2, 0.25) is 0 Å². The molecule has 1 amide bonds. The molecule has 4 rings (SSSR count). The Balaban J connectivity index is 1.63. The van der Waals surface area contributed by atoms with Crippen LogP contribution >= 0.6 is 0 Å². The van der Waals surface area contributed by atoms with Crippen LogP contribution in [0.3, 0.4) is 0 Å². The van der Waals surface area contributed by atoms with Crippen LogP contribution in [-0.2, 0) is 6.42 Å². The number of fused-ring (bicyclic) bond motifs is 1. The van der Waals surface area contributed by atoms with Gasteiger partial charge in [-0.1, -0.05) is 97.6 Å². The molecule has 0 saturated heterocycles. The Morgan fingerprint density at radius 1 is 0.833 bits per heavy atom. The molecule has 0 aliphatic rings. The van der Waals surface area contributed by atoms with Gasteiger partial charge < -0.3 is 5.32 Å². The van der Waals surface area contributed by atoms with Crippen LogP contribution in [0.4, 0.5) is 0 Å². The third-order valence-corrected chi connectivity index (χ3v) is 5.51. The highest BCUT2D eigenvalue weighted by Crippen LogP contribution is 2.27. The lowest BCUT2D eigenvalue weighted by atomic mass is 9.93. The van der Waals surface area contributed by atoms with Gasteiger partial charge in [-0.05, 0) is 52.4 Å². The lowest BCUT2D eigenvalue weighted by Gasteiger charge is -2.22. The molecular weight excluding hydrogens is 366 g/mol. The summed E-state index contributed by atoms with van der Waals surface area (Å²) < 4.78 is 0. The Morgan fingerprint density at radius 2 is 1.53 bits per heavy atom. The number of aryl methyl sites for hydroxylation is 1. The molecular formula is C28H25NO. The molecule has 4 aromatic rings. The van der Waals surface area contributed by atoms with E-state index >= 15 is 0 Å². The van der Waals surface area contributed by atoms with Gasteiger partial charge in [0.05, 0.1) is 6.04 Å². The Bertz CT molecular complexity index is 1160. The molecule has 0 radical (unpaired) electrons. The predicted octanol–water partition coefficient (Wildman–Crippen LogP) is 6.59. The summed E-state index contributed by atoms with van der Waals surface area (Å²) in [5.41, 5.74) is 4.11. The standard InChI is InChI=1S/C28H25NO/c1-2-21-11-6-9-18-26(21)27(29-28(30)24-13-4-3-5-14-24)20-19-23-16-10-15-22-12-7-8-17-25(22)23/h2-18,27H,1,19-20H2,(H,29,30). The van der Waals surface area contributed by atoms with Crippen LogP contribution < -0.4 is 5.32 Å². The molecule has 0 aliphatic heterocycles. The van der Waals surface area contributed by atoms with Crippen molar-refractivity contribution in [2.75, 3.05) is 0 Å². The molecule has 0 heterocycles. The molecule has 1 unspecified atom stereocenters. The van der Waals surface area contributed by atoms with E-state index in [1.807, 2.05) is 54.6 Å². The molecule has 0 spiro atoms. The monoisotopic (exact) mass is 391 g/mol. The number of benzene rings is 4. The van der Waals surface area contributed by atoms with Crippen LogP contribution in [0.2, 0.25) is 0 Å². The van der Waals surface area contributed by atoms with Gasteiger partial charge in [-0.3, -0.25) is 4.79 Å². The fraction of sp³-hybridized carbons (Fsp3) is 0.107. The molecule has 0 aromatic heterocycles. The van der Waals surface area contributed by atoms with Crippen LogP contribution in [0.1, 0.15) is 39.5 Å². The minimum atomic E-state index is -0.106. The van der Waals surface area contributed by atoms with E-state index in [9.17, 15) is 4.79 Å². The normalized spacial score (nSPS) is 11.7. The zero-order valence-corrected chi connectivity index (χ0v) is 16.9. The molecule has 0 fully saturated rings. The van der Waals surface area contributed by atoms with Gasteiger partial charge >= 0.3 is 0 Å². The summed E-state index contributed by atoms with van der Waals surface area (Å²) in [6.07, 6.45) is 3.53. The second-order valence-corrected chi connectivity index (χ2v) is 7.40. The molecule has 2 heteroatoms. The lowest BCUT2D eigenvalue weighted by Crippen LogP contribution is -2.29. The maximum absolute atomic E-state index is 12.9. The van der Waals surface area contributed by atoms with E-state index in [-0.39, 0.29) is 11.9 Å². The average molecular weight is 392 g/mol. The van der Waals surface area contributed by atoms with E-state index in [2.05, 4.69) is 60.4 Å². The van der Waals surface area contributed by atoms with Crippen molar-refractivity contribution in [3.63, 3.8) is 0 Å². The van der Waals surface area contributed by atoms with Gasteiger partial charge in [-0.15, -0.1) is 0 Å². The zero-order chi connectivity index (χ0) is 20.8. The highest BCUT2D eigenvalue weighted by atomic mass is 16.1. The zero-order valence-electron chi connectivity index (χ0n) is 16.9. The second kappa shape index (κ2) is 9.23. The number of amides is 1. The van der Waals surface area contributed by atoms with Crippen LogP contribution in [0, 0.1) is 0 Å². The summed E-state index contributed by atoms with van der Waals surface area (Å²) in [7, 11) is 0. The minimum absolute atomic E-state index is 0.0580. The number of rotatable bonds is 7. The Hall–Kier alpha value is -3.65. The predicted molar refractivity (Wildman–Crippen MR) is 125 cm³/mol. The average Bonchev–Trinajstić information content (AvgIpc) is 2.82. The molecule has 1 atom stereocenters. The first-order valence-corrected chi connectivity index (χ1v) is 10.3. The van der Waals surface area contributed by atoms with Gasteiger partial charge in [0.15, 0.2) is 0 Å². The minimum Gasteiger partial charge on any atom is -0.345 e. The Morgan fingerprint density at radius 3 is 2.37 bits per heavy atom. The Labute approximate surface area is 177 Å². The van der Waals surface area contributed by atoms with Crippen molar-refractivity contribution in [3.05, 3.63) is 126 Å². The highest BCUT2D eigenvalue weighted by molar-refractivity contribution is 5.94. The van der Waals surface area contributed by atoms with Gasteiger partial charge in [0, 0.05) is 5.56 Å². The van der Waals surface area contributed by atoms with Gasteiger partial charge in [-0.25, -0.2) is 0 Å². The third-order valence-electron chi connectivity index (χ3n) is 5.51. The van der Waals surface area contributed by atoms with Crippen molar-refractivity contribution in [1.29, 1.82) is 0 Å². The van der Waals surface area contributed by atoms with E-state index in [1.165, 1.54) is 16.3 Å². The summed E-state index contributed by atoms with van der Waals surface area (Å²) in [5.74, 6) is -0.0580. The van der Waals surface area contributed by atoms with Gasteiger partial charge in [0.25, 0.3) is 5.91 Å². The second-order valence-electron chi connectivity index (χ2n) is 7.40. The van der Waals surface area contributed by atoms with Crippen molar-refractivity contribution >= 4 is 22.8 Å². The highest BCUT2D eigenvalue weighted by Gasteiger charge is 2.18. The van der Waals surface area contributed by atoms with Crippen LogP contribution in [0.15, 0.2) is 104 Å². The molecule has 1 N–H and O–H groups in total. The molecule has 4 aromatic carbocycles. The first kappa shape index (κ1) is 19.7. The summed E-state index contributed by atoms with van der Waals surface area (Å²) in [6, 6.07) is 32.3. The van der Waals surface area contributed by atoms with Crippen LogP contribution in [-0.4, -0.2) is 5.91 Å². The summed E-state index contributed by atoms with van der Waals surface area (Å²) in [4.78, 5) is 12.9. The lowest BCUT2D eigenvalue weighted by molar-refractivity contribution is 0.0934. The number of carbonyl (C=O) groups excluding carboxylic acids is 1. The fourth-order valence-electron chi connectivity index (χ4n) is 3.96. The van der Waals surface area contributed by atoms with Gasteiger partial charge in [0.1, 0.15) is 0 Å². The topological polar surface area (TPSA) is 29.1 Å². The SMILES string of the molecule is C=Cc1ccccc1C(CCc1cccc2ccccc12)NC(=O)c1ccccc1. The maximum atomic E-state index is 12.9. The number of hydrogen-bond acceptors (Lipinski definition) is 1. The molecule has 148 valence electrons. The van der Waals surface area contributed by atoms with Crippen molar-refractivity contribution in [3.8, 4) is 0 Å². The van der Waals surface area contributed by atoms with Crippen LogP contribution in [0.25, 0.3) is 16.8 Å². The van der Waals surface area contributed by atoms with E-state index in [4.69, 9.17) is 0 Å². The van der Waals surface area contributed by atoms with E-state index in [0.717, 1.165) is 24.0 Å². The first-order valence-electron chi connectivity index (χ1n) is 10.3.